The van der Waals surface area contributed by atoms with Crippen molar-refractivity contribution in [2.75, 3.05) is 13.4 Å². The number of hydrogen-bond acceptors (Lipinski definition) is 4. The van der Waals surface area contributed by atoms with Gasteiger partial charge in [0.25, 0.3) is 0 Å². The summed E-state index contributed by atoms with van der Waals surface area (Å²) < 4.78 is 29.0. The fourth-order valence-corrected chi connectivity index (χ4v) is 2.17. The standard InChI is InChI=1S/C10H15N2O4S/c1-16-10-7-8(3-4-9(11)13)5-6-12(10)17(2,14)15/h3,5-7,10H,4H2,1-2H3,(H2,11,13)/t10-/m0/s1. The van der Waals surface area contributed by atoms with Crippen LogP contribution in [0.25, 0.3) is 0 Å². The maximum absolute atomic E-state index is 11.4. The number of sulfonamides is 1. The van der Waals surface area contributed by atoms with Crippen LogP contribution in [0.1, 0.15) is 6.42 Å². The highest BCUT2D eigenvalue weighted by molar-refractivity contribution is 7.88. The van der Waals surface area contributed by atoms with Gasteiger partial charge in [0.1, 0.15) is 0 Å². The predicted molar refractivity (Wildman–Crippen MR) is 62.8 cm³/mol. The van der Waals surface area contributed by atoms with Crippen molar-refractivity contribution in [2.45, 2.75) is 12.6 Å². The van der Waals surface area contributed by atoms with Gasteiger partial charge in [0.2, 0.25) is 15.9 Å². The molecular formula is C10H15N2O4S. The highest BCUT2D eigenvalue weighted by Gasteiger charge is 2.24. The number of nitrogens with zero attached hydrogens (tertiary/aromatic N) is 1. The summed E-state index contributed by atoms with van der Waals surface area (Å²) in [5.74, 6) is -0.446. The van der Waals surface area contributed by atoms with Gasteiger partial charge < -0.3 is 10.5 Å². The molecule has 0 aromatic rings. The summed E-state index contributed by atoms with van der Waals surface area (Å²) in [6.45, 7) is 0. The Morgan fingerprint density at radius 2 is 2.29 bits per heavy atom. The van der Waals surface area contributed by atoms with Gasteiger partial charge in [-0.05, 0) is 24.1 Å². The average Bonchev–Trinajstić information content (AvgIpc) is 2.24. The normalized spacial score (nSPS) is 20.2. The Balaban J connectivity index is 2.79. The van der Waals surface area contributed by atoms with Crippen molar-refractivity contribution in [1.29, 1.82) is 0 Å². The fourth-order valence-electron chi connectivity index (χ4n) is 1.36. The molecule has 95 valence electrons. The zero-order valence-corrected chi connectivity index (χ0v) is 10.5. The van der Waals surface area contributed by atoms with E-state index in [1.165, 1.54) is 13.3 Å². The van der Waals surface area contributed by atoms with Crippen molar-refractivity contribution in [3.8, 4) is 0 Å². The number of methoxy groups -OCH3 is 1. The minimum Gasteiger partial charge on any atom is -0.370 e. The number of primary amides is 1. The first kappa shape index (κ1) is 13.7. The van der Waals surface area contributed by atoms with Gasteiger partial charge >= 0.3 is 0 Å². The van der Waals surface area contributed by atoms with Gasteiger partial charge in [0.15, 0.2) is 6.23 Å². The second-order valence-electron chi connectivity index (χ2n) is 3.58. The molecule has 2 N–H and O–H groups in total. The molecule has 1 heterocycles. The van der Waals surface area contributed by atoms with Crippen molar-refractivity contribution in [3.63, 3.8) is 0 Å². The largest absolute Gasteiger partial charge is 0.370 e. The molecule has 0 spiro atoms. The SMILES string of the molecule is CO[C@H]1C=C([CH]CC(N)=O)C=CN1S(C)(=O)=O. The molecule has 7 heteroatoms. The lowest BCUT2D eigenvalue weighted by Gasteiger charge is -2.28. The quantitative estimate of drug-likeness (QED) is 0.737. The zero-order valence-electron chi connectivity index (χ0n) is 9.66. The summed E-state index contributed by atoms with van der Waals surface area (Å²) in [6, 6.07) is 0. The Hall–Kier alpha value is -1.34. The van der Waals surface area contributed by atoms with Crippen LogP contribution in [0.3, 0.4) is 0 Å². The van der Waals surface area contributed by atoms with Crippen LogP contribution in [0.2, 0.25) is 0 Å². The lowest BCUT2D eigenvalue weighted by atomic mass is 10.1. The molecule has 0 aromatic heterocycles. The van der Waals surface area contributed by atoms with Crippen molar-refractivity contribution in [1.82, 2.24) is 4.31 Å². The average molecular weight is 259 g/mol. The van der Waals surface area contributed by atoms with E-state index >= 15 is 0 Å². The second kappa shape index (κ2) is 5.33. The minimum atomic E-state index is -3.37. The molecule has 0 bridgehead atoms. The maximum atomic E-state index is 11.4. The molecule has 1 radical (unpaired) electrons. The van der Waals surface area contributed by atoms with E-state index in [0.29, 0.717) is 5.57 Å². The van der Waals surface area contributed by atoms with E-state index < -0.39 is 22.2 Å². The van der Waals surface area contributed by atoms with Gasteiger partial charge in [-0.1, -0.05) is 0 Å². The van der Waals surface area contributed by atoms with Crippen LogP contribution in [0.5, 0.6) is 0 Å². The molecule has 0 aliphatic carbocycles. The number of amides is 1. The number of nitrogens with two attached hydrogens (primary N) is 1. The number of allylic oxidation sites excluding steroid dienone is 2. The molecule has 6 nitrogen and oxygen atoms in total. The number of ether oxygens (including phenoxy) is 1. The molecule has 0 aromatic carbocycles. The molecular weight excluding hydrogens is 244 g/mol. The fraction of sp³-hybridized carbons (Fsp3) is 0.400. The summed E-state index contributed by atoms with van der Waals surface area (Å²) in [5.41, 5.74) is 5.72. The monoisotopic (exact) mass is 259 g/mol. The van der Waals surface area contributed by atoms with E-state index in [9.17, 15) is 13.2 Å². The van der Waals surface area contributed by atoms with Gasteiger partial charge in [0.05, 0.1) is 6.26 Å². The van der Waals surface area contributed by atoms with Crippen LogP contribution >= 0.6 is 0 Å². The lowest BCUT2D eigenvalue weighted by molar-refractivity contribution is -0.117. The molecule has 1 rings (SSSR count). The van der Waals surface area contributed by atoms with Gasteiger partial charge in [-0.25, -0.2) is 12.7 Å². The zero-order chi connectivity index (χ0) is 13.1. The molecule has 0 saturated carbocycles. The first-order valence-electron chi connectivity index (χ1n) is 4.87. The summed E-state index contributed by atoms with van der Waals surface area (Å²) in [5, 5.41) is 0. The highest BCUT2D eigenvalue weighted by Crippen LogP contribution is 2.19. The van der Waals surface area contributed by atoms with Gasteiger partial charge in [-0.2, -0.15) is 0 Å². The van der Waals surface area contributed by atoms with Crippen molar-refractivity contribution in [3.05, 3.63) is 30.3 Å². The van der Waals surface area contributed by atoms with Crippen LogP contribution in [-0.4, -0.2) is 38.2 Å². The Labute approximate surface area is 101 Å². The van der Waals surface area contributed by atoms with E-state index in [2.05, 4.69) is 0 Å². The predicted octanol–water partition coefficient (Wildman–Crippen LogP) is -0.246. The summed E-state index contributed by atoms with van der Waals surface area (Å²) >= 11 is 0. The van der Waals surface area contributed by atoms with Crippen LogP contribution < -0.4 is 5.73 Å². The third kappa shape index (κ3) is 3.86. The third-order valence-electron chi connectivity index (χ3n) is 2.16. The van der Waals surface area contributed by atoms with Gasteiger partial charge in [-0.15, -0.1) is 0 Å². The number of carbonyl (C=O) groups is 1. The van der Waals surface area contributed by atoms with Crippen LogP contribution in [-0.2, 0) is 19.6 Å². The number of carbonyl (C=O) groups excluding carboxylic acids is 1. The third-order valence-corrected chi connectivity index (χ3v) is 3.26. The second-order valence-corrected chi connectivity index (χ2v) is 5.46. The lowest BCUT2D eigenvalue weighted by Crippen LogP contribution is -2.37. The van der Waals surface area contributed by atoms with Crippen LogP contribution in [0.15, 0.2) is 23.9 Å². The smallest absolute Gasteiger partial charge is 0.234 e. The van der Waals surface area contributed by atoms with E-state index in [0.717, 1.165) is 10.6 Å². The van der Waals surface area contributed by atoms with E-state index in [1.807, 2.05) is 0 Å². The molecule has 1 aliphatic heterocycles. The van der Waals surface area contributed by atoms with Crippen molar-refractivity contribution in [2.24, 2.45) is 5.73 Å². The Kier molecular flexibility index (Phi) is 4.30. The Bertz CT molecular complexity index is 453. The number of rotatable bonds is 5. The summed E-state index contributed by atoms with van der Waals surface area (Å²) in [7, 11) is -1.96. The molecule has 0 unspecified atom stereocenters. The first-order valence-corrected chi connectivity index (χ1v) is 6.72. The molecule has 1 aliphatic rings. The number of hydrogen-bond donors (Lipinski definition) is 1. The molecule has 0 saturated heterocycles. The highest BCUT2D eigenvalue weighted by atomic mass is 32.2. The van der Waals surface area contributed by atoms with Crippen LogP contribution in [0.4, 0.5) is 0 Å². The van der Waals surface area contributed by atoms with Crippen LogP contribution in [0, 0.1) is 6.42 Å². The van der Waals surface area contributed by atoms with Gasteiger partial charge in [0, 0.05) is 19.7 Å². The Morgan fingerprint density at radius 3 is 2.76 bits per heavy atom. The van der Waals surface area contributed by atoms with Crippen molar-refractivity contribution >= 4 is 15.9 Å². The van der Waals surface area contributed by atoms with E-state index in [-0.39, 0.29) is 6.42 Å². The molecule has 1 amide bonds. The minimum absolute atomic E-state index is 0.103. The molecule has 1 atom stereocenters. The molecule has 17 heavy (non-hydrogen) atoms. The summed E-state index contributed by atoms with van der Waals surface area (Å²) in [6.07, 6.45) is 6.69. The van der Waals surface area contributed by atoms with Gasteiger partial charge in [-0.3, -0.25) is 4.79 Å². The topological polar surface area (TPSA) is 89.7 Å². The molecule has 0 fully saturated rings. The summed E-state index contributed by atoms with van der Waals surface area (Å²) in [4.78, 5) is 10.6. The van der Waals surface area contributed by atoms with Crippen molar-refractivity contribution < 1.29 is 17.9 Å². The van der Waals surface area contributed by atoms with E-state index in [1.54, 1.807) is 18.6 Å². The maximum Gasteiger partial charge on any atom is 0.234 e. The van der Waals surface area contributed by atoms with E-state index in [4.69, 9.17) is 10.5 Å². The Morgan fingerprint density at radius 1 is 1.65 bits per heavy atom. The first-order chi connectivity index (χ1) is 7.84.